The number of hydrogen-bond donors (Lipinski definition) is 0. The van der Waals surface area contributed by atoms with Gasteiger partial charge in [-0.25, -0.2) is 0 Å². The molecule has 0 amide bonds. The lowest BCUT2D eigenvalue weighted by molar-refractivity contribution is 0.305. The van der Waals surface area contributed by atoms with Crippen molar-refractivity contribution in [3.63, 3.8) is 0 Å². The molecule has 0 saturated heterocycles. The molecular formula is C4H10ClO2P. The van der Waals surface area contributed by atoms with E-state index in [-0.39, 0.29) is 0 Å². The molecule has 0 aromatic rings. The molecule has 1 unspecified atom stereocenters. The van der Waals surface area contributed by atoms with Gasteiger partial charge < -0.3 is 4.52 Å². The third-order valence-electron chi connectivity index (χ3n) is 0.399. The van der Waals surface area contributed by atoms with E-state index < -0.39 is 12.9 Å². The van der Waals surface area contributed by atoms with Crippen LogP contribution in [-0.4, -0.2) is 18.9 Å². The van der Waals surface area contributed by atoms with Gasteiger partial charge in [-0.3, -0.25) is 4.57 Å². The van der Waals surface area contributed by atoms with Crippen LogP contribution < -0.4 is 0 Å². The summed E-state index contributed by atoms with van der Waals surface area (Å²) >= 11 is 5.37. The van der Waals surface area contributed by atoms with Crippen molar-refractivity contribution in [3.05, 3.63) is 0 Å². The smallest absolute Gasteiger partial charge is 0.198 e. The minimum Gasteiger partial charge on any atom is -0.310 e. The summed E-state index contributed by atoms with van der Waals surface area (Å²) in [5, 5.41) is 0. The molecule has 50 valence electrons. The van der Waals surface area contributed by atoms with Gasteiger partial charge in [-0.15, -0.1) is 0 Å². The van der Waals surface area contributed by atoms with E-state index in [0.717, 1.165) is 0 Å². The second kappa shape index (κ2) is 2.86. The molecule has 8 heavy (non-hydrogen) atoms. The third-order valence-corrected chi connectivity index (χ3v) is 1.44. The summed E-state index contributed by atoms with van der Waals surface area (Å²) in [7, 11) is -2.35. The van der Waals surface area contributed by atoms with Crippen LogP contribution in [0.2, 0.25) is 0 Å². The second-order valence-electron chi connectivity index (χ2n) is 1.90. The predicted octanol–water partition coefficient (Wildman–Crippen LogP) is 2.13. The van der Waals surface area contributed by atoms with Crippen LogP contribution in [0.5, 0.6) is 0 Å². The SMILES string of the molecule is CC(Cl)OP(C)(C)=O. The molecule has 0 heterocycles. The Hall–Kier alpha value is 0.480. The fourth-order valence-corrected chi connectivity index (χ4v) is 1.63. The normalized spacial score (nSPS) is 16.0. The number of halogens is 1. The zero-order valence-electron chi connectivity index (χ0n) is 5.22. The van der Waals surface area contributed by atoms with Crippen LogP contribution in [0.1, 0.15) is 6.92 Å². The van der Waals surface area contributed by atoms with Crippen LogP contribution in [0.4, 0.5) is 0 Å². The predicted molar refractivity (Wildman–Crippen MR) is 35.9 cm³/mol. The van der Waals surface area contributed by atoms with Crippen LogP contribution in [-0.2, 0) is 9.09 Å². The Morgan fingerprint density at radius 3 is 2.00 bits per heavy atom. The first-order valence-electron chi connectivity index (χ1n) is 2.29. The van der Waals surface area contributed by atoms with Gasteiger partial charge in [-0.05, 0) is 6.92 Å². The van der Waals surface area contributed by atoms with Crippen molar-refractivity contribution in [1.29, 1.82) is 0 Å². The molecule has 0 saturated carbocycles. The van der Waals surface area contributed by atoms with Gasteiger partial charge in [-0.1, -0.05) is 11.6 Å². The van der Waals surface area contributed by atoms with Crippen molar-refractivity contribution >= 4 is 19.0 Å². The number of hydrogen-bond acceptors (Lipinski definition) is 2. The highest BCUT2D eigenvalue weighted by Crippen LogP contribution is 2.39. The molecule has 0 fully saturated rings. The van der Waals surface area contributed by atoms with Gasteiger partial charge in [0.15, 0.2) is 7.37 Å². The summed E-state index contributed by atoms with van der Waals surface area (Å²) < 4.78 is 15.5. The van der Waals surface area contributed by atoms with E-state index in [4.69, 9.17) is 16.1 Å². The van der Waals surface area contributed by atoms with Crippen molar-refractivity contribution in [2.45, 2.75) is 12.5 Å². The molecule has 0 aromatic carbocycles. The first kappa shape index (κ1) is 8.48. The van der Waals surface area contributed by atoms with Gasteiger partial charge in [-0.2, -0.15) is 0 Å². The molecule has 0 spiro atoms. The van der Waals surface area contributed by atoms with Crippen molar-refractivity contribution in [2.24, 2.45) is 0 Å². The monoisotopic (exact) mass is 156 g/mol. The van der Waals surface area contributed by atoms with Crippen molar-refractivity contribution < 1.29 is 9.09 Å². The standard InChI is InChI=1S/C4H10ClO2P/c1-4(5)7-8(2,3)6/h4H,1-3H3. The molecule has 0 aliphatic heterocycles. The quantitative estimate of drug-likeness (QED) is 0.452. The van der Waals surface area contributed by atoms with E-state index in [1.807, 2.05) is 0 Å². The van der Waals surface area contributed by atoms with Crippen LogP contribution in [0.15, 0.2) is 0 Å². The summed E-state index contributed by atoms with van der Waals surface area (Å²) in [6.07, 6.45) is 0. The van der Waals surface area contributed by atoms with Crippen LogP contribution in [0.25, 0.3) is 0 Å². The van der Waals surface area contributed by atoms with E-state index in [1.165, 1.54) is 13.3 Å². The van der Waals surface area contributed by atoms with Gasteiger partial charge in [0.25, 0.3) is 0 Å². The van der Waals surface area contributed by atoms with E-state index in [2.05, 4.69) is 0 Å². The zero-order valence-corrected chi connectivity index (χ0v) is 6.87. The molecule has 0 bridgehead atoms. The van der Waals surface area contributed by atoms with E-state index in [0.29, 0.717) is 0 Å². The Bertz CT molecular complexity index is 107. The van der Waals surface area contributed by atoms with Crippen molar-refractivity contribution in [3.8, 4) is 0 Å². The first-order chi connectivity index (χ1) is 3.42. The summed E-state index contributed by atoms with van der Waals surface area (Å²) in [5.74, 6) is 0. The van der Waals surface area contributed by atoms with Gasteiger partial charge in [0, 0.05) is 13.3 Å². The van der Waals surface area contributed by atoms with E-state index >= 15 is 0 Å². The average Bonchev–Trinajstić information content (AvgIpc) is 1.21. The molecular weight excluding hydrogens is 146 g/mol. The highest BCUT2D eigenvalue weighted by Gasteiger charge is 2.09. The maximum atomic E-state index is 10.7. The Labute approximate surface area is 54.6 Å². The number of rotatable bonds is 2. The topological polar surface area (TPSA) is 26.3 Å². The lowest BCUT2D eigenvalue weighted by Gasteiger charge is -2.08. The summed E-state index contributed by atoms with van der Waals surface area (Å²) in [4.78, 5) is 0. The zero-order chi connectivity index (χ0) is 6.78. The largest absolute Gasteiger partial charge is 0.310 e. The fraction of sp³-hybridized carbons (Fsp3) is 1.00. The van der Waals surface area contributed by atoms with Gasteiger partial charge in [0.1, 0.15) is 5.56 Å². The minimum absolute atomic E-state index is 0.448. The first-order valence-corrected chi connectivity index (χ1v) is 5.25. The second-order valence-corrected chi connectivity index (χ2v) is 5.23. The lowest BCUT2D eigenvalue weighted by Crippen LogP contribution is -1.94. The Kier molecular flexibility index (Phi) is 3.03. The molecule has 2 nitrogen and oxygen atoms in total. The van der Waals surface area contributed by atoms with Crippen molar-refractivity contribution in [2.75, 3.05) is 13.3 Å². The highest BCUT2D eigenvalue weighted by molar-refractivity contribution is 7.57. The Balaban J connectivity index is 3.56. The lowest BCUT2D eigenvalue weighted by atomic mass is 10.9. The van der Waals surface area contributed by atoms with Gasteiger partial charge in [0.05, 0.1) is 0 Å². The van der Waals surface area contributed by atoms with Crippen LogP contribution in [0.3, 0.4) is 0 Å². The molecule has 0 rings (SSSR count). The molecule has 1 atom stereocenters. The van der Waals surface area contributed by atoms with Crippen molar-refractivity contribution in [1.82, 2.24) is 0 Å². The minimum atomic E-state index is -2.35. The van der Waals surface area contributed by atoms with Crippen LogP contribution in [0, 0.1) is 0 Å². The Morgan fingerprint density at radius 1 is 1.62 bits per heavy atom. The maximum absolute atomic E-state index is 10.7. The van der Waals surface area contributed by atoms with Gasteiger partial charge >= 0.3 is 0 Å². The molecule has 0 aliphatic rings. The molecule has 0 radical (unpaired) electrons. The Morgan fingerprint density at radius 2 is 2.00 bits per heavy atom. The van der Waals surface area contributed by atoms with E-state index in [1.54, 1.807) is 6.92 Å². The summed E-state index contributed by atoms with van der Waals surface area (Å²) in [6, 6.07) is 0. The maximum Gasteiger partial charge on any atom is 0.198 e. The van der Waals surface area contributed by atoms with E-state index in [9.17, 15) is 4.57 Å². The molecule has 0 N–H and O–H groups in total. The number of alkyl halides is 1. The van der Waals surface area contributed by atoms with Gasteiger partial charge in [0.2, 0.25) is 0 Å². The summed E-state index contributed by atoms with van der Waals surface area (Å²) in [6.45, 7) is 4.71. The molecule has 0 aromatic heterocycles. The highest BCUT2D eigenvalue weighted by atomic mass is 35.5. The average molecular weight is 157 g/mol. The third kappa shape index (κ3) is 6.48. The summed E-state index contributed by atoms with van der Waals surface area (Å²) in [5.41, 5.74) is -0.448. The molecule has 0 aliphatic carbocycles. The molecule has 4 heteroatoms. The van der Waals surface area contributed by atoms with Crippen LogP contribution >= 0.6 is 19.0 Å². The fourth-order valence-electron chi connectivity index (χ4n) is 0.350.